The molecule has 0 bridgehead atoms. The minimum absolute atomic E-state index is 0.399. The molecule has 0 saturated carbocycles. The monoisotopic (exact) mass is 342 g/mol. The third kappa shape index (κ3) is 4.80. The highest BCUT2D eigenvalue weighted by atomic mass is 32.1. The highest BCUT2D eigenvalue weighted by Crippen LogP contribution is 2.40. The molecule has 24 heavy (non-hydrogen) atoms. The summed E-state index contributed by atoms with van der Waals surface area (Å²) in [5.74, 6) is 0.399. The van der Waals surface area contributed by atoms with Gasteiger partial charge in [-0.1, -0.05) is 83.2 Å². The van der Waals surface area contributed by atoms with E-state index in [1.807, 2.05) is 11.3 Å². The van der Waals surface area contributed by atoms with E-state index in [1.54, 1.807) is 0 Å². The second-order valence-corrected chi connectivity index (χ2v) is 7.90. The number of benzene rings is 1. The van der Waals surface area contributed by atoms with Crippen LogP contribution in [-0.2, 0) is 6.42 Å². The number of thiophene rings is 1. The molecule has 2 aromatic rings. The van der Waals surface area contributed by atoms with Crippen LogP contribution < -0.4 is 0 Å². The van der Waals surface area contributed by atoms with Crippen molar-refractivity contribution in [1.29, 1.82) is 0 Å². The number of carbonyl (C=O) groups excluding carboxylic acids is 1. The molecular formula is C22H30OS. The summed E-state index contributed by atoms with van der Waals surface area (Å²) >= 11 is 1.81. The summed E-state index contributed by atoms with van der Waals surface area (Å²) in [5.41, 5.74) is 3.49. The molecule has 0 atom stereocenters. The molecule has 1 nitrogen and oxygen atoms in total. The molecule has 1 heterocycles. The molecule has 2 rings (SSSR count). The van der Waals surface area contributed by atoms with E-state index in [0.717, 1.165) is 18.3 Å². The number of hydrogen-bond donors (Lipinski definition) is 0. The number of unbranched alkanes of at least 4 members (excludes halogenated alkanes) is 5. The number of rotatable bonds is 10. The molecule has 130 valence electrons. The van der Waals surface area contributed by atoms with Crippen LogP contribution in [0.15, 0.2) is 30.3 Å². The molecule has 0 aliphatic carbocycles. The first-order valence-corrected chi connectivity index (χ1v) is 10.2. The predicted molar refractivity (Wildman–Crippen MR) is 106 cm³/mol. The molecule has 1 aromatic carbocycles. The molecule has 2 heteroatoms. The molecule has 1 aromatic heterocycles. The van der Waals surface area contributed by atoms with Crippen molar-refractivity contribution < 1.29 is 4.79 Å². The van der Waals surface area contributed by atoms with E-state index in [1.165, 1.54) is 59.4 Å². The van der Waals surface area contributed by atoms with Gasteiger partial charge < -0.3 is 0 Å². The fourth-order valence-corrected chi connectivity index (χ4v) is 4.53. The Hall–Kier alpha value is -1.41. The Labute approximate surface area is 151 Å². The average Bonchev–Trinajstić information content (AvgIpc) is 2.97. The molecule has 0 fully saturated rings. The van der Waals surface area contributed by atoms with Gasteiger partial charge >= 0.3 is 0 Å². The van der Waals surface area contributed by atoms with Gasteiger partial charge in [0.25, 0.3) is 0 Å². The summed E-state index contributed by atoms with van der Waals surface area (Å²) in [5, 5.41) is 0. The predicted octanol–water partition coefficient (Wildman–Crippen LogP) is 7.25. The molecule has 0 N–H and O–H groups in total. The van der Waals surface area contributed by atoms with Crippen LogP contribution in [0.25, 0.3) is 10.4 Å². The van der Waals surface area contributed by atoms with E-state index in [-0.39, 0.29) is 0 Å². The van der Waals surface area contributed by atoms with Crippen LogP contribution in [0.2, 0.25) is 0 Å². The van der Waals surface area contributed by atoms with Gasteiger partial charge in [0.2, 0.25) is 0 Å². The molecule has 0 spiro atoms. The summed E-state index contributed by atoms with van der Waals surface area (Å²) in [6.45, 7) is 6.62. The van der Waals surface area contributed by atoms with Gasteiger partial charge in [-0.2, -0.15) is 0 Å². The van der Waals surface area contributed by atoms with Gasteiger partial charge in [0.05, 0.1) is 0 Å². The third-order valence-electron chi connectivity index (χ3n) is 4.54. The van der Waals surface area contributed by atoms with Crippen LogP contribution in [0.3, 0.4) is 0 Å². The van der Waals surface area contributed by atoms with Crippen LogP contribution in [0.5, 0.6) is 0 Å². The van der Waals surface area contributed by atoms with Crippen LogP contribution in [0.4, 0.5) is 0 Å². The summed E-state index contributed by atoms with van der Waals surface area (Å²) in [4.78, 5) is 14.3. The highest BCUT2D eigenvalue weighted by molar-refractivity contribution is 7.16. The van der Waals surface area contributed by atoms with Gasteiger partial charge in [0.1, 0.15) is 0 Å². The van der Waals surface area contributed by atoms with Gasteiger partial charge in [-0.25, -0.2) is 0 Å². The lowest BCUT2D eigenvalue weighted by Crippen LogP contribution is -1.95. The zero-order valence-corrected chi connectivity index (χ0v) is 16.1. The normalized spacial score (nSPS) is 11.2. The lowest BCUT2D eigenvalue weighted by atomic mass is 9.96. The van der Waals surface area contributed by atoms with Gasteiger partial charge in [-0.3, -0.25) is 4.79 Å². The van der Waals surface area contributed by atoms with E-state index in [0.29, 0.717) is 5.92 Å². The van der Waals surface area contributed by atoms with Crippen molar-refractivity contribution in [2.24, 2.45) is 0 Å². The zero-order valence-electron chi connectivity index (χ0n) is 15.3. The van der Waals surface area contributed by atoms with Gasteiger partial charge in [0, 0.05) is 15.3 Å². The first-order valence-electron chi connectivity index (χ1n) is 9.35. The molecular weight excluding hydrogens is 312 g/mol. The van der Waals surface area contributed by atoms with E-state index in [9.17, 15) is 4.79 Å². The van der Waals surface area contributed by atoms with Crippen molar-refractivity contribution in [1.82, 2.24) is 0 Å². The van der Waals surface area contributed by atoms with Crippen molar-refractivity contribution >= 4 is 17.6 Å². The van der Waals surface area contributed by atoms with E-state index in [2.05, 4.69) is 51.1 Å². The van der Waals surface area contributed by atoms with E-state index < -0.39 is 0 Å². The first-order chi connectivity index (χ1) is 11.7. The van der Waals surface area contributed by atoms with Gasteiger partial charge in [-0.05, 0) is 29.9 Å². The standard InChI is InChI=1S/C22H30OS/c1-4-5-6-7-8-12-15-19-20(16-23)21(17(2)3)24-22(19)18-13-10-9-11-14-18/h9-11,13-14,16-17H,4-8,12,15H2,1-3H3. The summed E-state index contributed by atoms with van der Waals surface area (Å²) in [7, 11) is 0. The van der Waals surface area contributed by atoms with Crippen LogP contribution >= 0.6 is 11.3 Å². The van der Waals surface area contributed by atoms with Crippen LogP contribution in [-0.4, -0.2) is 6.29 Å². The van der Waals surface area contributed by atoms with Crippen LogP contribution in [0, 0.1) is 0 Å². The van der Waals surface area contributed by atoms with E-state index >= 15 is 0 Å². The van der Waals surface area contributed by atoms with Crippen molar-refractivity contribution in [2.45, 2.75) is 71.6 Å². The Kier molecular flexibility index (Phi) is 7.71. The fraction of sp³-hybridized carbons (Fsp3) is 0.500. The zero-order chi connectivity index (χ0) is 17.4. The third-order valence-corrected chi connectivity index (χ3v) is 6.13. The van der Waals surface area contributed by atoms with E-state index in [4.69, 9.17) is 0 Å². The minimum atomic E-state index is 0.399. The minimum Gasteiger partial charge on any atom is -0.298 e. The maximum absolute atomic E-state index is 11.8. The van der Waals surface area contributed by atoms with Crippen molar-refractivity contribution in [3.05, 3.63) is 46.3 Å². The Morgan fingerprint density at radius 1 is 1.00 bits per heavy atom. The van der Waals surface area contributed by atoms with Gasteiger partial charge in [0.15, 0.2) is 6.29 Å². The number of hydrogen-bond acceptors (Lipinski definition) is 2. The lowest BCUT2D eigenvalue weighted by molar-refractivity contribution is 0.112. The Bertz CT molecular complexity index is 625. The summed E-state index contributed by atoms with van der Waals surface area (Å²) < 4.78 is 0. The van der Waals surface area contributed by atoms with Crippen molar-refractivity contribution in [3.8, 4) is 10.4 Å². The largest absolute Gasteiger partial charge is 0.298 e. The maximum atomic E-state index is 11.8. The van der Waals surface area contributed by atoms with Crippen molar-refractivity contribution in [2.75, 3.05) is 0 Å². The molecule has 0 unspecified atom stereocenters. The number of carbonyl (C=O) groups is 1. The first kappa shape index (κ1) is 18.9. The second kappa shape index (κ2) is 9.78. The Morgan fingerprint density at radius 3 is 2.29 bits per heavy atom. The summed E-state index contributed by atoms with van der Waals surface area (Å²) in [6, 6.07) is 10.5. The number of aldehydes is 1. The highest BCUT2D eigenvalue weighted by Gasteiger charge is 2.20. The smallest absolute Gasteiger partial charge is 0.151 e. The van der Waals surface area contributed by atoms with Crippen LogP contribution in [0.1, 0.15) is 86.0 Å². The molecule has 0 radical (unpaired) electrons. The topological polar surface area (TPSA) is 17.1 Å². The fourth-order valence-electron chi connectivity index (χ4n) is 3.21. The SMILES string of the molecule is CCCCCCCCc1c(-c2ccccc2)sc(C(C)C)c1C=O. The Morgan fingerprint density at radius 2 is 1.67 bits per heavy atom. The molecule has 0 amide bonds. The quantitative estimate of drug-likeness (QED) is 0.328. The molecule has 0 saturated heterocycles. The van der Waals surface area contributed by atoms with Gasteiger partial charge in [-0.15, -0.1) is 11.3 Å². The molecule has 0 aliphatic heterocycles. The molecule has 0 aliphatic rings. The summed E-state index contributed by atoms with van der Waals surface area (Å²) in [6.07, 6.45) is 9.83. The lowest BCUT2D eigenvalue weighted by Gasteiger charge is -2.06. The Balaban J connectivity index is 2.21. The second-order valence-electron chi connectivity index (χ2n) is 6.84. The maximum Gasteiger partial charge on any atom is 0.151 e. The van der Waals surface area contributed by atoms with Crippen molar-refractivity contribution in [3.63, 3.8) is 0 Å². The average molecular weight is 343 g/mol.